The Bertz CT molecular complexity index is 950. The Morgan fingerprint density at radius 3 is 2.57 bits per heavy atom. The van der Waals surface area contributed by atoms with Gasteiger partial charge in [0.15, 0.2) is 11.6 Å². The molecule has 2 aromatic rings. The molecule has 0 aliphatic carbocycles. The van der Waals surface area contributed by atoms with Crippen LogP contribution < -0.4 is 15.4 Å². The number of amidine groups is 1. The summed E-state index contributed by atoms with van der Waals surface area (Å²) < 4.78 is 25.1. The maximum atomic E-state index is 14.3. The zero-order chi connectivity index (χ0) is 21.7. The molecule has 1 fully saturated rings. The highest BCUT2D eigenvalue weighted by Gasteiger charge is 2.24. The van der Waals surface area contributed by atoms with Crippen LogP contribution in [0.5, 0.6) is 5.75 Å². The van der Waals surface area contributed by atoms with Crippen LogP contribution in [0.4, 0.5) is 16.2 Å². The molecule has 1 aromatic heterocycles. The van der Waals surface area contributed by atoms with E-state index in [-0.39, 0.29) is 23.9 Å². The molecule has 0 spiro atoms. The number of benzene rings is 1. The number of halogens is 1. The Morgan fingerprint density at radius 1 is 1.30 bits per heavy atom. The van der Waals surface area contributed by atoms with Gasteiger partial charge in [-0.1, -0.05) is 12.1 Å². The van der Waals surface area contributed by atoms with Crippen LogP contribution in [-0.2, 0) is 4.74 Å². The minimum absolute atomic E-state index is 0.0157. The van der Waals surface area contributed by atoms with Gasteiger partial charge in [0.25, 0.3) is 0 Å². The minimum atomic E-state index is -0.676. The lowest BCUT2D eigenvalue weighted by atomic mass is 10.1. The van der Waals surface area contributed by atoms with Gasteiger partial charge in [-0.25, -0.2) is 14.4 Å². The second-order valence-electron chi connectivity index (χ2n) is 7.01. The smallest absolute Gasteiger partial charge is 0.227 e. The van der Waals surface area contributed by atoms with E-state index in [1.807, 2.05) is 18.7 Å². The van der Waals surface area contributed by atoms with Crippen LogP contribution in [0, 0.1) is 11.2 Å². The lowest BCUT2D eigenvalue weighted by molar-refractivity contribution is -0.00572. The van der Waals surface area contributed by atoms with E-state index in [9.17, 15) is 4.39 Å². The second kappa shape index (κ2) is 9.45. The number of hydrogen-bond acceptors (Lipinski definition) is 7. The molecular weight excluding hydrogens is 387 g/mol. The quantitative estimate of drug-likeness (QED) is 0.558. The first-order valence-corrected chi connectivity index (χ1v) is 9.53. The van der Waals surface area contributed by atoms with Crippen LogP contribution in [0.1, 0.15) is 19.4 Å². The number of anilines is 1. The predicted octanol–water partition coefficient (Wildman–Crippen LogP) is 2.96. The highest BCUT2D eigenvalue weighted by atomic mass is 19.1. The zero-order valence-electron chi connectivity index (χ0n) is 17.2. The van der Waals surface area contributed by atoms with Crippen molar-refractivity contribution in [2.24, 2.45) is 10.7 Å². The average Bonchev–Trinajstić information content (AvgIpc) is 2.73. The van der Waals surface area contributed by atoms with Crippen molar-refractivity contribution in [1.82, 2.24) is 9.97 Å². The number of nitrogens with one attached hydrogen (secondary N) is 1. The fraction of sp³-hybridized carbons (Fsp3) is 0.333. The summed E-state index contributed by atoms with van der Waals surface area (Å²) in [5.41, 5.74) is 7.27. The van der Waals surface area contributed by atoms with Crippen LogP contribution in [0.3, 0.4) is 0 Å². The molecule has 2 heterocycles. The van der Waals surface area contributed by atoms with Crippen molar-refractivity contribution >= 4 is 29.4 Å². The Hall–Kier alpha value is -3.33. The number of allylic oxidation sites excluding steroid dienone is 1. The topological polar surface area (TPSA) is 110 Å². The van der Waals surface area contributed by atoms with Crippen molar-refractivity contribution in [3.63, 3.8) is 0 Å². The number of nitrogens with two attached hydrogens (primary N) is 1. The Labute approximate surface area is 174 Å². The lowest BCUT2D eigenvalue weighted by Gasteiger charge is -2.35. The van der Waals surface area contributed by atoms with Crippen LogP contribution in [0.25, 0.3) is 5.57 Å². The molecule has 9 heteroatoms. The SMILES string of the molecule is COc1ccc(/C(C=N)=C/C(N)=Nc2nc(N3C[C@@H](C)O[C@@H](C)C3)ncc2F)cc1. The van der Waals surface area contributed by atoms with Gasteiger partial charge in [-0.15, -0.1) is 0 Å². The molecular formula is C21H25FN6O2. The molecule has 3 N–H and O–H groups in total. The van der Waals surface area contributed by atoms with Gasteiger partial charge in [-0.2, -0.15) is 4.98 Å². The van der Waals surface area contributed by atoms with Crippen LogP contribution in [0.15, 0.2) is 41.5 Å². The monoisotopic (exact) mass is 412 g/mol. The molecule has 1 saturated heterocycles. The summed E-state index contributed by atoms with van der Waals surface area (Å²) >= 11 is 0. The van der Waals surface area contributed by atoms with Crippen molar-refractivity contribution in [3.8, 4) is 5.75 Å². The highest BCUT2D eigenvalue weighted by molar-refractivity contribution is 6.15. The third kappa shape index (κ3) is 5.18. The fourth-order valence-electron chi connectivity index (χ4n) is 3.23. The molecule has 30 heavy (non-hydrogen) atoms. The summed E-state index contributed by atoms with van der Waals surface area (Å²) in [4.78, 5) is 14.4. The first kappa shape index (κ1) is 21.4. The van der Waals surface area contributed by atoms with Crippen molar-refractivity contribution in [1.29, 1.82) is 5.41 Å². The van der Waals surface area contributed by atoms with Gasteiger partial charge in [-0.3, -0.25) is 0 Å². The van der Waals surface area contributed by atoms with Crippen LogP contribution in [-0.4, -0.2) is 54.4 Å². The van der Waals surface area contributed by atoms with Crippen LogP contribution >= 0.6 is 0 Å². The number of nitrogens with zero attached hydrogens (tertiary/aromatic N) is 4. The number of rotatable bonds is 6. The average molecular weight is 412 g/mol. The van der Waals surface area contributed by atoms with E-state index in [1.165, 1.54) is 6.08 Å². The number of aliphatic imine (C=N–C) groups is 1. The number of methoxy groups -OCH3 is 1. The maximum absolute atomic E-state index is 14.3. The Kier molecular flexibility index (Phi) is 6.73. The molecule has 1 aromatic carbocycles. The van der Waals surface area contributed by atoms with E-state index < -0.39 is 5.82 Å². The van der Waals surface area contributed by atoms with Gasteiger partial charge in [0, 0.05) is 24.9 Å². The largest absolute Gasteiger partial charge is 0.497 e. The molecule has 0 unspecified atom stereocenters. The molecule has 0 radical (unpaired) electrons. The van der Waals surface area contributed by atoms with E-state index in [2.05, 4.69) is 15.0 Å². The highest BCUT2D eigenvalue weighted by Crippen LogP contribution is 2.22. The Balaban J connectivity index is 1.87. The molecule has 2 atom stereocenters. The zero-order valence-corrected chi connectivity index (χ0v) is 17.2. The summed E-state index contributed by atoms with van der Waals surface area (Å²) in [6.45, 7) is 5.13. The van der Waals surface area contributed by atoms with Crippen LogP contribution in [0.2, 0.25) is 0 Å². The van der Waals surface area contributed by atoms with Gasteiger partial charge in [0.2, 0.25) is 5.95 Å². The van der Waals surface area contributed by atoms with E-state index in [0.29, 0.717) is 30.4 Å². The van der Waals surface area contributed by atoms with Gasteiger partial charge in [-0.05, 0) is 37.6 Å². The van der Waals surface area contributed by atoms with Gasteiger partial charge in [0.05, 0.1) is 25.5 Å². The molecule has 3 rings (SSSR count). The molecule has 0 saturated carbocycles. The molecule has 1 aliphatic rings. The van der Waals surface area contributed by atoms with E-state index >= 15 is 0 Å². The first-order chi connectivity index (χ1) is 14.4. The van der Waals surface area contributed by atoms with Gasteiger partial charge < -0.3 is 25.5 Å². The third-order valence-electron chi connectivity index (χ3n) is 4.53. The fourth-order valence-corrected chi connectivity index (χ4v) is 3.23. The summed E-state index contributed by atoms with van der Waals surface area (Å²) in [6.07, 6.45) is 3.77. The van der Waals surface area contributed by atoms with Crippen molar-refractivity contribution in [2.45, 2.75) is 26.1 Å². The van der Waals surface area contributed by atoms with E-state index in [0.717, 1.165) is 18.0 Å². The minimum Gasteiger partial charge on any atom is -0.497 e. The standard InChI is InChI=1S/C21H25FN6O2/c1-13-11-28(12-14(2)30-13)21-25-10-18(22)20(27-21)26-19(24)8-16(9-23)15-4-6-17(29-3)7-5-15/h4-10,13-14,23H,11-12H2,1-3H3,(H2,24,25,26,27)/b16-8+,23-9?/t13-,14+. The van der Waals surface area contributed by atoms with Gasteiger partial charge in [0.1, 0.15) is 11.6 Å². The van der Waals surface area contributed by atoms with Crippen molar-refractivity contribution in [2.75, 3.05) is 25.1 Å². The lowest BCUT2D eigenvalue weighted by Crippen LogP contribution is -2.46. The third-order valence-corrected chi connectivity index (χ3v) is 4.53. The summed E-state index contributed by atoms with van der Waals surface area (Å²) in [7, 11) is 1.58. The summed E-state index contributed by atoms with van der Waals surface area (Å²) in [5.74, 6) is 0.268. The molecule has 0 amide bonds. The summed E-state index contributed by atoms with van der Waals surface area (Å²) in [6, 6.07) is 7.15. The number of hydrogen-bond donors (Lipinski definition) is 2. The number of morpholine rings is 1. The van der Waals surface area contributed by atoms with E-state index in [4.69, 9.17) is 20.6 Å². The Morgan fingerprint density at radius 2 is 1.97 bits per heavy atom. The molecule has 8 nitrogen and oxygen atoms in total. The maximum Gasteiger partial charge on any atom is 0.227 e. The normalized spacial score (nSPS) is 20.2. The van der Waals surface area contributed by atoms with Crippen molar-refractivity contribution in [3.05, 3.63) is 47.9 Å². The predicted molar refractivity (Wildman–Crippen MR) is 115 cm³/mol. The van der Waals surface area contributed by atoms with Crippen molar-refractivity contribution < 1.29 is 13.9 Å². The number of ether oxygens (including phenoxy) is 2. The first-order valence-electron chi connectivity index (χ1n) is 9.53. The van der Waals surface area contributed by atoms with E-state index in [1.54, 1.807) is 31.4 Å². The number of aromatic nitrogens is 2. The molecule has 0 bridgehead atoms. The molecule has 1 aliphatic heterocycles. The van der Waals surface area contributed by atoms with Gasteiger partial charge >= 0.3 is 0 Å². The molecule has 158 valence electrons. The summed E-state index contributed by atoms with van der Waals surface area (Å²) in [5, 5.41) is 7.66. The second-order valence-corrected chi connectivity index (χ2v) is 7.01.